The summed E-state index contributed by atoms with van der Waals surface area (Å²) in [4.78, 5) is 23.0. The van der Waals surface area contributed by atoms with Gasteiger partial charge in [0, 0.05) is 24.1 Å². The van der Waals surface area contributed by atoms with Crippen molar-refractivity contribution in [2.45, 2.75) is 33.3 Å². The van der Waals surface area contributed by atoms with Gasteiger partial charge in [0.2, 0.25) is 0 Å². The molecule has 28 heavy (non-hydrogen) atoms. The molecule has 0 unspecified atom stereocenters. The van der Waals surface area contributed by atoms with Crippen molar-refractivity contribution in [1.82, 2.24) is 0 Å². The molecule has 1 aliphatic rings. The van der Waals surface area contributed by atoms with Crippen LogP contribution in [0, 0.1) is 17.0 Å². The maximum atomic E-state index is 12.4. The van der Waals surface area contributed by atoms with Crippen molar-refractivity contribution in [3.05, 3.63) is 51.6 Å². The van der Waals surface area contributed by atoms with Gasteiger partial charge >= 0.3 is 5.69 Å². The third-order valence-corrected chi connectivity index (χ3v) is 4.24. The number of nitro benzene ring substituents is 1. The Balaban J connectivity index is 1.72. The lowest BCUT2D eigenvalue weighted by atomic mass is 10.1. The zero-order valence-electron chi connectivity index (χ0n) is 16.0. The fourth-order valence-corrected chi connectivity index (χ4v) is 3.03. The molecule has 1 heterocycles. The molecule has 148 valence electrons. The van der Waals surface area contributed by atoms with Gasteiger partial charge in [0.15, 0.2) is 12.4 Å². The Morgan fingerprint density at radius 2 is 2.07 bits per heavy atom. The second kappa shape index (κ2) is 8.16. The molecule has 1 atom stereocenters. The highest BCUT2D eigenvalue weighted by Gasteiger charge is 2.23. The summed E-state index contributed by atoms with van der Waals surface area (Å²) in [5.41, 5.74) is 2.06. The third-order valence-electron chi connectivity index (χ3n) is 4.24. The zero-order chi connectivity index (χ0) is 20.3. The summed E-state index contributed by atoms with van der Waals surface area (Å²) in [5, 5.41) is 13.9. The molecule has 2 aromatic carbocycles. The molecule has 1 amide bonds. The van der Waals surface area contributed by atoms with Crippen LogP contribution in [0.2, 0.25) is 0 Å². The van der Waals surface area contributed by atoms with Crippen molar-refractivity contribution in [2.24, 2.45) is 0 Å². The monoisotopic (exact) mass is 386 g/mol. The predicted molar refractivity (Wildman–Crippen MR) is 103 cm³/mol. The van der Waals surface area contributed by atoms with E-state index in [1.54, 1.807) is 19.1 Å². The van der Waals surface area contributed by atoms with E-state index in [2.05, 4.69) is 5.32 Å². The number of carbonyl (C=O) groups excluding carboxylic acids is 1. The summed E-state index contributed by atoms with van der Waals surface area (Å²) < 4.78 is 16.7. The summed E-state index contributed by atoms with van der Waals surface area (Å²) >= 11 is 0. The molecule has 0 fully saturated rings. The Kier molecular flexibility index (Phi) is 5.67. The minimum atomic E-state index is -0.535. The van der Waals surface area contributed by atoms with Crippen LogP contribution in [-0.4, -0.2) is 30.1 Å². The van der Waals surface area contributed by atoms with Gasteiger partial charge < -0.3 is 19.5 Å². The molecule has 3 rings (SSSR count). The number of anilines is 1. The van der Waals surface area contributed by atoms with Gasteiger partial charge in [-0.15, -0.1) is 0 Å². The standard InChI is InChI=1S/C20H22N2O6/c1-4-26-19-9-14-8-13(3)28-18(14)10-15(19)21-20(23)11-27-17-6-5-12(2)7-16(17)22(24)25/h5-7,9-10,13H,4,8,11H2,1-3H3,(H,21,23)/t13-/m1/s1. The molecule has 1 aliphatic heterocycles. The molecule has 2 aromatic rings. The van der Waals surface area contributed by atoms with Crippen LogP contribution in [0.25, 0.3) is 0 Å². The maximum Gasteiger partial charge on any atom is 0.311 e. The number of ether oxygens (including phenoxy) is 3. The largest absolute Gasteiger partial charge is 0.492 e. The first-order chi connectivity index (χ1) is 13.4. The number of benzene rings is 2. The number of nitrogens with zero attached hydrogens (tertiary/aromatic N) is 1. The highest BCUT2D eigenvalue weighted by molar-refractivity contribution is 5.94. The lowest BCUT2D eigenvalue weighted by molar-refractivity contribution is -0.385. The van der Waals surface area contributed by atoms with Crippen LogP contribution in [0.15, 0.2) is 30.3 Å². The van der Waals surface area contributed by atoms with E-state index in [9.17, 15) is 14.9 Å². The number of hydrogen-bond donors (Lipinski definition) is 1. The van der Waals surface area contributed by atoms with Crippen molar-refractivity contribution in [2.75, 3.05) is 18.5 Å². The van der Waals surface area contributed by atoms with Gasteiger partial charge in [-0.2, -0.15) is 0 Å². The smallest absolute Gasteiger partial charge is 0.311 e. The number of nitro groups is 1. The van der Waals surface area contributed by atoms with Crippen LogP contribution in [0.4, 0.5) is 11.4 Å². The van der Waals surface area contributed by atoms with Gasteiger partial charge in [0.1, 0.15) is 17.6 Å². The number of rotatable bonds is 7. The topological polar surface area (TPSA) is 99.9 Å². The Labute approximate surface area is 162 Å². The van der Waals surface area contributed by atoms with E-state index >= 15 is 0 Å². The summed E-state index contributed by atoms with van der Waals surface area (Å²) in [7, 11) is 0. The molecule has 8 nitrogen and oxygen atoms in total. The van der Waals surface area contributed by atoms with E-state index in [1.807, 2.05) is 19.9 Å². The molecule has 8 heteroatoms. The van der Waals surface area contributed by atoms with E-state index in [0.29, 0.717) is 23.8 Å². The number of fused-ring (bicyclic) bond motifs is 1. The fraction of sp³-hybridized carbons (Fsp3) is 0.350. The molecule has 0 spiro atoms. The number of hydrogen-bond acceptors (Lipinski definition) is 6. The average molecular weight is 386 g/mol. The SMILES string of the molecule is CCOc1cc2c(cc1NC(=O)COc1ccc(C)cc1[N+](=O)[O-])O[C@H](C)C2. The third kappa shape index (κ3) is 4.33. The highest BCUT2D eigenvalue weighted by atomic mass is 16.6. The van der Waals surface area contributed by atoms with Crippen LogP contribution in [-0.2, 0) is 11.2 Å². The van der Waals surface area contributed by atoms with Gasteiger partial charge in [0.25, 0.3) is 5.91 Å². The Morgan fingerprint density at radius 3 is 2.79 bits per heavy atom. The van der Waals surface area contributed by atoms with Gasteiger partial charge in [-0.05, 0) is 38.5 Å². The van der Waals surface area contributed by atoms with Gasteiger partial charge in [0.05, 0.1) is 17.2 Å². The van der Waals surface area contributed by atoms with Crippen LogP contribution < -0.4 is 19.5 Å². The normalized spacial score (nSPS) is 14.8. The molecule has 0 radical (unpaired) electrons. The summed E-state index contributed by atoms with van der Waals surface area (Å²) in [6, 6.07) is 8.17. The van der Waals surface area contributed by atoms with Crippen molar-refractivity contribution in [3.8, 4) is 17.2 Å². The minimum absolute atomic E-state index is 0.0434. The molecule has 0 saturated carbocycles. The molecule has 0 saturated heterocycles. The number of amides is 1. The van der Waals surface area contributed by atoms with Crippen molar-refractivity contribution >= 4 is 17.3 Å². The van der Waals surface area contributed by atoms with Crippen molar-refractivity contribution < 1.29 is 23.9 Å². The van der Waals surface area contributed by atoms with Crippen LogP contribution >= 0.6 is 0 Å². The second-order valence-electron chi connectivity index (χ2n) is 6.59. The van der Waals surface area contributed by atoms with Crippen LogP contribution in [0.1, 0.15) is 25.0 Å². The van der Waals surface area contributed by atoms with Gasteiger partial charge in [-0.3, -0.25) is 14.9 Å². The Bertz CT molecular complexity index is 912. The van der Waals surface area contributed by atoms with Crippen LogP contribution in [0.5, 0.6) is 17.2 Å². The summed E-state index contributed by atoms with van der Waals surface area (Å²) in [5.74, 6) is 0.846. The molecule has 0 aromatic heterocycles. The number of carbonyl (C=O) groups is 1. The summed E-state index contributed by atoms with van der Waals surface area (Å²) in [6.07, 6.45) is 0.852. The van der Waals surface area contributed by atoms with Crippen molar-refractivity contribution in [1.29, 1.82) is 0 Å². The van der Waals surface area contributed by atoms with E-state index in [1.165, 1.54) is 12.1 Å². The van der Waals surface area contributed by atoms with Gasteiger partial charge in [-0.1, -0.05) is 6.07 Å². The Morgan fingerprint density at radius 1 is 1.29 bits per heavy atom. The highest BCUT2D eigenvalue weighted by Crippen LogP contribution is 2.38. The summed E-state index contributed by atoms with van der Waals surface area (Å²) in [6.45, 7) is 5.65. The molecule has 0 bridgehead atoms. The predicted octanol–water partition coefficient (Wildman–Crippen LogP) is 3.64. The van der Waals surface area contributed by atoms with E-state index in [0.717, 1.165) is 17.5 Å². The first kappa shape index (κ1) is 19.5. The minimum Gasteiger partial charge on any atom is -0.492 e. The number of nitrogens with one attached hydrogen (secondary N) is 1. The second-order valence-corrected chi connectivity index (χ2v) is 6.59. The van der Waals surface area contributed by atoms with Crippen molar-refractivity contribution in [3.63, 3.8) is 0 Å². The Hall–Kier alpha value is -3.29. The lowest BCUT2D eigenvalue weighted by Crippen LogP contribution is -2.21. The lowest BCUT2D eigenvalue weighted by Gasteiger charge is -2.14. The fourth-order valence-electron chi connectivity index (χ4n) is 3.03. The zero-order valence-corrected chi connectivity index (χ0v) is 16.0. The first-order valence-electron chi connectivity index (χ1n) is 9.01. The average Bonchev–Trinajstić information content (AvgIpc) is 2.99. The quantitative estimate of drug-likeness (QED) is 0.576. The van der Waals surface area contributed by atoms with E-state index in [4.69, 9.17) is 14.2 Å². The molecular weight excluding hydrogens is 364 g/mol. The number of aryl methyl sites for hydroxylation is 1. The molecular formula is C20H22N2O6. The maximum absolute atomic E-state index is 12.4. The first-order valence-corrected chi connectivity index (χ1v) is 9.01. The molecule has 1 N–H and O–H groups in total. The van der Waals surface area contributed by atoms with Crippen LogP contribution in [0.3, 0.4) is 0 Å². The van der Waals surface area contributed by atoms with Gasteiger partial charge in [-0.25, -0.2) is 0 Å². The van der Waals surface area contributed by atoms with E-state index < -0.39 is 10.8 Å². The van der Waals surface area contributed by atoms with E-state index in [-0.39, 0.29) is 24.1 Å². The molecule has 0 aliphatic carbocycles.